The molecule has 1 aliphatic carbocycles. The number of benzene rings is 1. The number of halogens is 2. The van der Waals surface area contributed by atoms with Crippen molar-refractivity contribution in [2.75, 3.05) is 10.6 Å². The van der Waals surface area contributed by atoms with Crippen molar-refractivity contribution >= 4 is 23.4 Å². The molecule has 4 rings (SSSR count). The molecule has 0 spiro atoms. The van der Waals surface area contributed by atoms with Gasteiger partial charge in [0, 0.05) is 42.3 Å². The van der Waals surface area contributed by atoms with Gasteiger partial charge in [0.15, 0.2) is 5.82 Å². The molecule has 2 atom stereocenters. The molecular formula is C21H22F2N8O. The predicted octanol–water partition coefficient (Wildman–Crippen LogP) is 2.70. The van der Waals surface area contributed by atoms with Crippen LogP contribution in [0.25, 0.3) is 11.4 Å². The van der Waals surface area contributed by atoms with Crippen LogP contribution in [0.4, 0.5) is 26.2 Å². The van der Waals surface area contributed by atoms with E-state index in [4.69, 9.17) is 11.5 Å². The maximum absolute atomic E-state index is 14.4. The molecule has 2 heterocycles. The molecule has 166 valence electrons. The minimum Gasteiger partial charge on any atom is -0.365 e. The molecule has 0 unspecified atom stereocenters. The van der Waals surface area contributed by atoms with Gasteiger partial charge in [-0.2, -0.15) is 4.98 Å². The number of aromatic nitrogens is 4. The molecule has 6 N–H and O–H groups in total. The lowest BCUT2D eigenvalue weighted by molar-refractivity contribution is -0.0513. The molecule has 9 nitrogen and oxygen atoms in total. The summed E-state index contributed by atoms with van der Waals surface area (Å²) in [6, 6.07) is 6.76. The van der Waals surface area contributed by atoms with Gasteiger partial charge in [0.25, 0.3) is 11.8 Å². The standard InChI is InChI=1S/C21H22F2N8O/c22-21(23)7-2-6-15(24)16(21)30-20-28-11-14(17(25)32)19(31-20)29-13-5-1-4-12(10-13)18-26-8-3-9-27-18/h1,3-5,8-11,15-16H,2,6-7,24H2,(H2,25,32)(H2,28,29,30,31)/t15-,16-/m0/s1. The lowest BCUT2D eigenvalue weighted by Crippen LogP contribution is -2.55. The van der Waals surface area contributed by atoms with E-state index in [9.17, 15) is 13.6 Å². The molecule has 0 saturated heterocycles. The number of nitrogens with zero attached hydrogens (tertiary/aromatic N) is 4. The number of amides is 1. The number of anilines is 3. The van der Waals surface area contributed by atoms with E-state index in [2.05, 4.69) is 30.6 Å². The van der Waals surface area contributed by atoms with Gasteiger partial charge >= 0.3 is 0 Å². The highest BCUT2D eigenvalue weighted by Gasteiger charge is 2.46. The van der Waals surface area contributed by atoms with E-state index in [-0.39, 0.29) is 23.8 Å². The van der Waals surface area contributed by atoms with Gasteiger partial charge in [-0.05, 0) is 31.0 Å². The predicted molar refractivity (Wildman–Crippen MR) is 115 cm³/mol. The van der Waals surface area contributed by atoms with E-state index in [0.29, 0.717) is 24.4 Å². The molecule has 1 saturated carbocycles. The van der Waals surface area contributed by atoms with Crippen molar-refractivity contribution in [2.45, 2.75) is 37.3 Å². The number of rotatable bonds is 6. The zero-order valence-corrected chi connectivity index (χ0v) is 17.0. The molecule has 0 radical (unpaired) electrons. The SMILES string of the molecule is NC(=O)c1cnc(N[C@H]2[C@@H](N)CCCC2(F)F)nc1Nc1cccc(-c2ncccn2)c1. The molecule has 1 amide bonds. The highest BCUT2D eigenvalue weighted by atomic mass is 19.3. The fraction of sp³-hybridized carbons (Fsp3) is 0.286. The van der Waals surface area contributed by atoms with Gasteiger partial charge in [0.2, 0.25) is 5.95 Å². The van der Waals surface area contributed by atoms with E-state index >= 15 is 0 Å². The Balaban J connectivity index is 1.63. The van der Waals surface area contributed by atoms with E-state index in [0.717, 1.165) is 5.56 Å². The number of alkyl halides is 2. The van der Waals surface area contributed by atoms with Gasteiger partial charge < -0.3 is 22.1 Å². The van der Waals surface area contributed by atoms with Crippen LogP contribution in [-0.2, 0) is 0 Å². The number of nitrogens with one attached hydrogen (secondary N) is 2. The number of hydrogen-bond donors (Lipinski definition) is 4. The second-order valence-corrected chi connectivity index (χ2v) is 7.54. The Bertz CT molecular complexity index is 1110. The molecule has 32 heavy (non-hydrogen) atoms. The van der Waals surface area contributed by atoms with Crippen LogP contribution < -0.4 is 22.1 Å². The van der Waals surface area contributed by atoms with Crippen molar-refractivity contribution in [1.29, 1.82) is 0 Å². The van der Waals surface area contributed by atoms with Crippen molar-refractivity contribution < 1.29 is 13.6 Å². The summed E-state index contributed by atoms with van der Waals surface area (Å²) in [6.07, 6.45) is 4.99. The monoisotopic (exact) mass is 440 g/mol. The third-order valence-electron chi connectivity index (χ3n) is 5.22. The Morgan fingerprint density at radius 2 is 1.94 bits per heavy atom. The van der Waals surface area contributed by atoms with Crippen molar-refractivity contribution in [3.8, 4) is 11.4 Å². The highest BCUT2D eigenvalue weighted by molar-refractivity contribution is 5.98. The van der Waals surface area contributed by atoms with Crippen LogP contribution in [0.3, 0.4) is 0 Å². The number of carbonyl (C=O) groups is 1. The summed E-state index contributed by atoms with van der Waals surface area (Å²) in [6.45, 7) is 0. The summed E-state index contributed by atoms with van der Waals surface area (Å²) in [4.78, 5) is 28.5. The summed E-state index contributed by atoms with van der Waals surface area (Å²) in [5.41, 5.74) is 12.7. The normalized spacial score (nSPS) is 19.8. The Kier molecular flexibility index (Phi) is 5.91. The van der Waals surface area contributed by atoms with Crippen LogP contribution in [-0.4, -0.2) is 43.8 Å². The highest BCUT2D eigenvalue weighted by Crippen LogP contribution is 2.34. The van der Waals surface area contributed by atoms with Gasteiger partial charge in [0.1, 0.15) is 17.4 Å². The van der Waals surface area contributed by atoms with Crippen molar-refractivity contribution in [2.24, 2.45) is 11.5 Å². The zero-order valence-electron chi connectivity index (χ0n) is 17.0. The molecule has 3 aromatic rings. The molecular weight excluding hydrogens is 418 g/mol. The van der Waals surface area contributed by atoms with Crippen molar-refractivity contribution in [3.63, 3.8) is 0 Å². The first kappa shape index (κ1) is 21.5. The van der Waals surface area contributed by atoms with Gasteiger partial charge in [-0.15, -0.1) is 0 Å². The Labute approximate surface area is 182 Å². The Morgan fingerprint density at radius 1 is 1.16 bits per heavy atom. The lowest BCUT2D eigenvalue weighted by atomic mass is 9.87. The maximum Gasteiger partial charge on any atom is 0.269 e. The topological polar surface area (TPSA) is 145 Å². The average molecular weight is 440 g/mol. The van der Waals surface area contributed by atoms with Crippen LogP contribution in [0.2, 0.25) is 0 Å². The van der Waals surface area contributed by atoms with Crippen LogP contribution in [0, 0.1) is 0 Å². The summed E-state index contributed by atoms with van der Waals surface area (Å²) < 4.78 is 28.7. The van der Waals surface area contributed by atoms with E-state index in [1.807, 2.05) is 6.07 Å². The minimum absolute atomic E-state index is 0.0108. The molecule has 1 fully saturated rings. The van der Waals surface area contributed by atoms with Crippen LogP contribution in [0.1, 0.15) is 29.6 Å². The number of hydrogen-bond acceptors (Lipinski definition) is 8. The van der Waals surface area contributed by atoms with Gasteiger partial charge in [-0.3, -0.25) is 4.79 Å². The summed E-state index contributed by atoms with van der Waals surface area (Å²) in [5, 5.41) is 5.65. The first-order valence-electron chi connectivity index (χ1n) is 10.0. The van der Waals surface area contributed by atoms with Crippen molar-refractivity contribution in [3.05, 3.63) is 54.5 Å². The number of nitrogens with two attached hydrogens (primary N) is 2. The first-order chi connectivity index (χ1) is 15.3. The maximum atomic E-state index is 14.4. The number of carbonyl (C=O) groups excluding carboxylic acids is 1. The number of primary amides is 1. The molecule has 0 aliphatic heterocycles. The smallest absolute Gasteiger partial charge is 0.269 e. The third-order valence-corrected chi connectivity index (χ3v) is 5.22. The summed E-state index contributed by atoms with van der Waals surface area (Å²) >= 11 is 0. The Morgan fingerprint density at radius 3 is 2.66 bits per heavy atom. The van der Waals surface area contributed by atoms with Gasteiger partial charge in [-0.25, -0.2) is 23.7 Å². The summed E-state index contributed by atoms with van der Waals surface area (Å²) in [5.74, 6) is -3.25. The average Bonchev–Trinajstić information content (AvgIpc) is 2.77. The van der Waals surface area contributed by atoms with Crippen LogP contribution >= 0.6 is 0 Å². The first-order valence-corrected chi connectivity index (χ1v) is 10.0. The second kappa shape index (κ2) is 8.79. The quantitative estimate of drug-likeness (QED) is 0.458. The van der Waals surface area contributed by atoms with Gasteiger partial charge in [-0.1, -0.05) is 12.1 Å². The van der Waals surface area contributed by atoms with E-state index in [1.54, 1.807) is 36.7 Å². The fourth-order valence-corrected chi connectivity index (χ4v) is 3.61. The van der Waals surface area contributed by atoms with Crippen LogP contribution in [0.15, 0.2) is 48.9 Å². The van der Waals surface area contributed by atoms with Gasteiger partial charge in [0.05, 0.1) is 0 Å². The molecule has 1 aromatic carbocycles. The fourth-order valence-electron chi connectivity index (χ4n) is 3.61. The molecule has 1 aliphatic rings. The molecule has 2 aromatic heterocycles. The van der Waals surface area contributed by atoms with E-state index in [1.165, 1.54) is 6.20 Å². The van der Waals surface area contributed by atoms with Crippen molar-refractivity contribution in [1.82, 2.24) is 19.9 Å². The summed E-state index contributed by atoms with van der Waals surface area (Å²) in [7, 11) is 0. The second-order valence-electron chi connectivity index (χ2n) is 7.54. The lowest BCUT2D eigenvalue weighted by Gasteiger charge is -2.36. The third kappa shape index (κ3) is 4.62. The van der Waals surface area contributed by atoms with Crippen LogP contribution in [0.5, 0.6) is 0 Å². The minimum atomic E-state index is -3.00. The Hall–Kier alpha value is -3.73. The zero-order chi connectivity index (χ0) is 22.7. The molecule has 11 heteroatoms. The molecule has 0 bridgehead atoms. The van der Waals surface area contributed by atoms with E-state index < -0.39 is 23.9 Å². The largest absolute Gasteiger partial charge is 0.365 e.